The van der Waals surface area contributed by atoms with Gasteiger partial charge >= 0.3 is 0 Å². The second-order valence-corrected chi connectivity index (χ2v) is 7.01. The fraction of sp³-hybridized carbons (Fsp3) is 0.938. The van der Waals surface area contributed by atoms with Crippen molar-refractivity contribution in [1.82, 2.24) is 15.1 Å². The third kappa shape index (κ3) is 5.41. The van der Waals surface area contributed by atoms with E-state index in [0.29, 0.717) is 12.0 Å². The number of nitrogens with one attached hydrogen (secondary N) is 1. The van der Waals surface area contributed by atoms with Crippen LogP contribution in [0.1, 0.15) is 40.5 Å². The predicted molar refractivity (Wildman–Crippen MR) is 84.8 cm³/mol. The van der Waals surface area contributed by atoms with Gasteiger partial charge in [-0.25, -0.2) is 0 Å². The van der Waals surface area contributed by atoms with Crippen LogP contribution in [0.4, 0.5) is 0 Å². The SMILES string of the molecule is CC(C)C(=O)N[C@H](CN1CCC(N(C)C)CC1)C(C)C. The quantitative estimate of drug-likeness (QED) is 0.807. The van der Waals surface area contributed by atoms with E-state index in [4.69, 9.17) is 0 Å². The fourth-order valence-corrected chi connectivity index (χ4v) is 2.67. The van der Waals surface area contributed by atoms with Crippen molar-refractivity contribution in [3.63, 3.8) is 0 Å². The molecule has 1 fully saturated rings. The maximum Gasteiger partial charge on any atom is 0.222 e. The second kappa shape index (κ2) is 7.99. The Morgan fingerprint density at radius 2 is 1.75 bits per heavy atom. The molecule has 20 heavy (non-hydrogen) atoms. The molecule has 1 rings (SSSR count). The van der Waals surface area contributed by atoms with E-state index >= 15 is 0 Å². The molecule has 1 aliphatic rings. The number of carbonyl (C=O) groups is 1. The number of hydrogen-bond donors (Lipinski definition) is 1. The van der Waals surface area contributed by atoms with Gasteiger partial charge in [-0.05, 0) is 45.9 Å². The molecule has 0 saturated carbocycles. The van der Waals surface area contributed by atoms with E-state index in [2.05, 4.69) is 43.1 Å². The van der Waals surface area contributed by atoms with Gasteiger partial charge in [-0.2, -0.15) is 0 Å². The number of carbonyl (C=O) groups excluding carboxylic acids is 1. The smallest absolute Gasteiger partial charge is 0.222 e. The summed E-state index contributed by atoms with van der Waals surface area (Å²) in [5, 5.41) is 3.21. The summed E-state index contributed by atoms with van der Waals surface area (Å²) in [5.41, 5.74) is 0. The van der Waals surface area contributed by atoms with Gasteiger partial charge in [-0.3, -0.25) is 4.79 Å². The first-order chi connectivity index (χ1) is 9.31. The van der Waals surface area contributed by atoms with Crippen molar-refractivity contribution in [3.05, 3.63) is 0 Å². The molecule has 1 N–H and O–H groups in total. The molecular weight excluding hydrogens is 250 g/mol. The Labute approximate surface area is 124 Å². The zero-order chi connectivity index (χ0) is 15.3. The summed E-state index contributed by atoms with van der Waals surface area (Å²) >= 11 is 0. The highest BCUT2D eigenvalue weighted by molar-refractivity contribution is 5.78. The maximum atomic E-state index is 11.9. The molecule has 0 aromatic rings. The molecule has 1 aliphatic heterocycles. The highest BCUT2D eigenvalue weighted by Crippen LogP contribution is 2.16. The molecule has 0 radical (unpaired) electrons. The molecule has 4 heteroatoms. The summed E-state index contributed by atoms with van der Waals surface area (Å²) in [4.78, 5) is 16.7. The largest absolute Gasteiger partial charge is 0.352 e. The van der Waals surface area contributed by atoms with Crippen LogP contribution < -0.4 is 5.32 Å². The van der Waals surface area contributed by atoms with Gasteiger partial charge in [0.05, 0.1) is 0 Å². The monoisotopic (exact) mass is 283 g/mol. The summed E-state index contributed by atoms with van der Waals surface area (Å²) in [6.07, 6.45) is 2.46. The summed E-state index contributed by atoms with van der Waals surface area (Å²) in [6, 6.07) is 0.981. The normalized spacial score (nSPS) is 19.9. The number of likely N-dealkylation sites (tertiary alicyclic amines) is 1. The van der Waals surface area contributed by atoms with Gasteiger partial charge in [0.1, 0.15) is 0 Å². The van der Waals surface area contributed by atoms with Crippen LogP contribution in [0.25, 0.3) is 0 Å². The molecular formula is C16H33N3O. The average molecular weight is 283 g/mol. The zero-order valence-electron chi connectivity index (χ0n) is 14.1. The van der Waals surface area contributed by atoms with Gasteiger partial charge in [0.15, 0.2) is 0 Å². The van der Waals surface area contributed by atoms with Crippen molar-refractivity contribution in [1.29, 1.82) is 0 Å². The molecule has 0 aromatic heterocycles. The predicted octanol–water partition coefficient (Wildman–Crippen LogP) is 1.81. The lowest BCUT2D eigenvalue weighted by atomic mass is 9.99. The summed E-state index contributed by atoms with van der Waals surface area (Å²) in [7, 11) is 4.33. The Hall–Kier alpha value is -0.610. The number of piperidine rings is 1. The van der Waals surface area contributed by atoms with Gasteiger partial charge in [0, 0.05) is 24.5 Å². The number of hydrogen-bond acceptors (Lipinski definition) is 3. The van der Waals surface area contributed by atoms with Crippen LogP contribution in [-0.2, 0) is 4.79 Å². The highest BCUT2D eigenvalue weighted by Gasteiger charge is 2.25. The zero-order valence-corrected chi connectivity index (χ0v) is 14.1. The lowest BCUT2D eigenvalue weighted by molar-refractivity contribution is -0.125. The number of rotatable bonds is 6. The minimum Gasteiger partial charge on any atom is -0.352 e. The minimum atomic E-state index is 0.0655. The minimum absolute atomic E-state index is 0.0655. The van der Waals surface area contributed by atoms with Gasteiger partial charge < -0.3 is 15.1 Å². The van der Waals surface area contributed by atoms with Crippen LogP contribution in [-0.4, -0.2) is 61.5 Å². The second-order valence-electron chi connectivity index (χ2n) is 7.01. The van der Waals surface area contributed by atoms with Gasteiger partial charge in [-0.15, -0.1) is 0 Å². The van der Waals surface area contributed by atoms with Crippen LogP contribution in [0.3, 0.4) is 0 Å². The summed E-state index contributed by atoms with van der Waals surface area (Å²) in [5.74, 6) is 0.715. The molecule has 0 bridgehead atoms. The van der Waals surface area contributed by atoms with Crippen LogP contribution in [0.2, 0.25) is 0 Å². The first-order valence-corrected chi connectivity index (χ1v) is 8.00. The van der Waals surface area contributed by atoms with Crippen molar-refractivity contribution >= 4 is 5.91 Å². The molecule has 4 nitrogen and oxygen atoms in total. The Morgan fingerprint density at radius 1 is 1.20 bits per heavy atom. The molecule has 0 aliphatic carbocycles. The standard InChI is InChI=1S/C16H33N3O/c1-12(2)15(17-16(20)13(3)4)11-19-9-7-14(8-10-19)18(5)6/h12-15H,7-11H2,1-6H3,(H,17,20)/t15-/m1/s1. The van der Waals surface area contributed by atoms with Crippen LogP contribution in [0.15, 0.2) is 0 Å². The summed E-state index contributed by atoms with van der Waals surface area (Å²) < 4.78 is 0. The average Bonchev–Trinajstić information content (AvgIpc) is 2.38. The van der Waals surface area contributed by atoms with E-state index < -0.39 is 0 Å². The van der Waals surface area contributed by atoms with E-state index in [-0.39, 0.29) is 17.9 Å². The maximum absolute atomic E-state index is 11.9. The lowest BCUT2D eigenvalue weighted by Crippen LogP contribution is -2.51. The van der Waals surface area contributed by atoms with E-state index in [0.717, 1.165) is 19.6 Å². The Balaban J connectivity index is 2.45. The molecule has 1 heterocycles. The molecule has 118 valence electrons. The van der Waals surface area contributed by atoms with Crippen LogP contribution >= 0.6 is 0 Å². The molecule has 0 spiro atoms. The molecule has 0 unspecified atom stereocenters. The number of nitrogens with zero attached hydrogens (tertiary/aromatic N) is 2. The first kappa shape index (κ1) is 17.4. The highest BCUT2D eigenvalue weighted by atomic mass is 16.1. The lowest BCUT2D eigenvalue weighted by Gasteiger charge is -2.37. The van der Waals surface area contributed by atoms with E-state index in [9.17, 15) is 4.79 Å². The molecule has 1 saturated heterocycles. The van der Waals surface area contributed by atoms with E-state index in [1.807, 2.05) is 13.8 Å². The van der Waals surface area contributed by atoms with Gasteiger partial charge in [-0.1, -0.05) is 27.7 Å². The first-order valence-electron chi connectivity index (χ1n) is 8.00. The third-order valence-electron chi connectivity index (χ3n) is 4.40. The molecule has 1 atom stereocenters. The molecule has 0 aromatic carbocycles. The topological polar surface area (TPSA) is 35.6 Å². The van der Waals surface area contributed by atoms with Crippen molar-refractivity contribution < 1.29 is 4.79 Å². The van der Waals surface area contributed by atoms with Crippen LogP contribution in [0.5, 0.6) is 0 Å². The van der Waals surface area contributed by atoms with Gasteiger partial charge in [0.2, 0.25) is 5.91 Å². The molecule has 1 amide bonds. The number of amides is 1. The van der Waals surface area contributed by atoms with Crippen molar-refractivity contribution in [2.45, 2.75) is 52.6 Å². The Bertz CT molecular complexity index is 294. The van der Waals surface area contributed by atoms with E-state index in [1.165, 1.54) is 12.8 Å². The van der Waals surface area contributed by atoms with Crippen molar-refractivity contribution in [2.24, 2.45) is 11.8 Å². The van der Waals surface area contributed by atoms with Gasteiger partial charge in [0.25, 0.3) is 0 Å². The van der Waals surface area contributed by atoms with Crippen molar-refractivity contribution in [3.8, 4) is 0 Å². The third-order valence-corrected chi connectivity index (χ3v) is 4.40. The fourth-order valence-electron chi connectivity index (χ4n) is 2.67. The summed E-state index contributed by atoms with van der Waals surface area (Å²) in [6.45, 7) is 11.6. The van der Waals surface area contributed by atoms with Crippen molar-refractivity contribution in [2.75, 3.05) is 33.7 Å². The Morgan fingerprint density at radius 3 is 2.15 bits per heavy atom. The Kier molecular flexibility index (Phi) is 6.96. The van der Waals surface area contributed by atoms with Crippen LogP contribution in [0, 0.1) is 11.8 Å². The van der Waals surface area contributed by atoms with E-state index in [1.54, 1.807) is 0 Å².